The lowest BCUT2D eigenvalue weighted by Gasteiger charge is -2.07. The minimum atomic E-state index is -0.169. The first-order valence-corrected chi connectivity index (χ1v) is 11.2. The first-order valence-electron chi connectivity index (χ1n) is 9.35. The minimum absolute atomic E-state index is 0.161. The number of anilines is 1. The van der Waals surface area contributed by atoms with Crippen LogP contribution < -0.4 is 5.32 Å². The monoisotopic (exact) mass is 436 g/mol. The molecular weight excluding hydrogens is 416 g/mol. The molecule has 0 aliphatic heterocycles. The topological polar surface area (TPSA) is 80.9 Å². The maximum absolute atomic E-state index is 12.3. The lowest BCUT2D eigenvalue weighted by Crippen LogP contribution is -2.13. The van der Waals surface area contributed by atoms with Gasteiger partial charge < -0.3 is 9.73 Å². The summed E-state index contributed by atoms with van der Waals surface area (Å²) in [5.41, 5.74) is 6.45. The van der Waals surface area contributed by atoms with E-state index >= 15 is 0 Å². The van der Waals surface area contributed by atoms with E-state index in [0.717, 1.165) is 16.8 Å². The highest BCUT2D eigenvalue weighted by Crippen LogP contribution is 2.30. The average Bonchev–Trinajstić information content (AvgIpc) is 3.40. The summed E-state index contributed by atoms with van der Waals surface area (Å²) in [6, 6.07) is 13.8. The van der Waals surface area contributed by atoms with E-state index in [0.29, 0.717) is 16.2 Å². The molecule has 1 N–H and O–H groups in total. The number of hydrogen-bond donors (Lipinski definition) is 1. The molecule has 0 fully saturated rings. The average molecular weight is 437 g/mol. The van der Waals surface area contributed by atoms with Crippen molar-refractivity contribution < 1.29 is 9.21 Å². The van der Waals surface area contributed by atoms with Gasteiger partial charge in [0.25, 0.3) is 5.22 Å². The first-order chi connectivity index (χ1) is 14.5. The Morgan fingerprint density at radius 1 is 1.07 bits per heavy atom. The van der Waals surface area contributed by atoms with Crippen LogP contribution in [0, 0.1) is 20.8 Å². The zero-order valence-electron chi connectivity index (χ0n) is 16.8. The van der Waals surface area contributed by atoms with Crippen LogP contribution in [-0.2, 0) is 4.79 Å². The number of benzene rings is 2. The third-order valence-corrected chi connectivity index (χ3v) is 6.20. The Hall–Kier alpha value is -2.97. The number of nitrogens with zero attached hydrogens (tertiary/aromatic N) is 3. The van der Waals surface area contributed by atoms with Crippen molar-refractivity contribution in [3.05, 3.63) is 64.5 Å². The highest BCUT2D eigenvalue weighted by Gasteiger charge is 2.14. The number of hydrogen-bond acceptors (Lipinski definition) is 7. The van der Waals surface area contributed by atoms with Crippen molar-refractivity contribution in [1.82, 2.24) is 15.2 Å². The van der Waals surface area contributed by atoms with Gasteiger partial charge >= 0.3 is 0 Å². The number of aryl methyl sites for hydroxylation is 3. The summed E-state index contributed by atoms with van der Waals surface area (Å²) in [5.74, 6) is 0.428. The molecule has 8 heteroatoms. The Kier molecular flexibility index (Phi) is 5.96. The van der Waals surface area contributed by atoms with E-state index in [1.165, 1.54) is 39.8 Å². The van der Waals surface area contributed by atoms with Crippen molar-refractivity contribution in [2.75, 3.05) is 11.1 Å². The lowest BCUT2D eigenvalue weighted by molar-refractivity contribution is -0.113. The van der Waals surface area contributed by atoms with E-state index in [1.807, 2.05) is 35.7 Å². The molecule has 4 aromatic rings. The molecule has 152 valence electrons. The standard InChI is InChI=1S/C22H20N4O2S2/c1-13-9-15(3)17(10-14(13)2)18-11-29-21(23-18)24-19(27)12-30-22-26-25-20(28-22)16-7-5-4-6-8-16/h4-11H,12H2,1-3H3,(H,23,24,27). The van der Waals surface area contributed by atoms with Crippen molar-refractivity contribution in [3.63, 3.8) is 0 Å². The number of amides is 1. The van der Waals surface area contributed by atoms with Gasteiger partial charge in [-0.3, -0.25) is 4.79 Å². The molecule has 0 aliphatic rings. The predicted molar refractivity (Wildman–Crippen MR) is 121 cm³/mol. The second kappa shape index (κ2) is 8.81. The van der Waals surface area contributed by atoms with Crippen LogP contribution in [0.5, 0.6) is 0 Å². The second-order valence-corrected chi connectivity index (χ2v) is 8.65. The van der Waals surface area contributed by atoms with Crippen molar-refractivity contribution in [3.8, 4) is 22.7 Å². The fourth-order valence-corrected chi connectivity index (χ4v) is 4.23. The van der Waals surface area contributed by atoms with E-state index in [-0.39, 0.29) is 11.7 Å². The Labute approximate surface area is 182 Å². The van der Waals surface area contributed by atoms with Gasteiger partial charge in [0.05, 0.1) is 11.4 Å². The Bertz CT molecular complexity index is 1190. The Balaban J connectivity index is 1.36. The quantitative estimate of drug-likeness (QED) is 0.401. The third kappa shape index (κ3) is 4.60. The third-order valence-electron chi connectivity index (χ3n) is 4.62. The normalized spacial score (nSPS) is 10.9. The van der Waals surface area contributed by atoms with E-state index in [9.17, 15) is 4.79 Å². The molecule has 0 bridgehead atoms. The number of rotatable bonds is 6. The molecule has 0 aliphatic carbocycles. The van der Waals surface area contributed by atoms with Crippen LogP contribution in [0.1, 0.15) is 16.7 Å². The number of carbonyl (C=O) groups excluding carboxylic acids is 1. The van der Waals surface area contributed by atoms with Crippen LogP contribution in [0.4, 0.5) is 5.13 Å². The summed E-state index contributed by atoms with van der Waals surface area (Å²) in [5, 5.41) is 13.8. The zero-order valence-corrected chi connectivity index (χ0v) is 18.4. The molecule has 6 nitrogen and oxygen atoms in total. The van der Waals surface area contributed by atoms with Gasteiger partial charge in [0.15, 0.2) is 5.13 Å². The molecule has 2 aromatic heterocycles. The smallest absolute Gasteiger partial charge is 0.277 e. The number of thioether (sulfide) groups is 1. The van der Waals surface area contributed by atoms with Gasteiger partial charge in [-0.2, -0.15) is 0 Å². The van der Waals surface area contributed by atoms with Gasteiger partial charge in [0.1, 0.15) is 0 Å². The Morgan fingerprint density at radius 3 is 2.63 bits per heavy atom. The van der Waals surface area contributed by atoms with Gasteiger partial charge in [-0.1, -0.05) is 36.0 Å². The van der Waals surface area contributed by atoms with E-state index in [4.69, 9.17) is 4.42 Å². The maximum atomic E-state index is 12.3. The van der Waals surface area contributed by atoms with Crippen LogP contribution in [0.2, 0.25) is 0 Å². The van der Waals surface area contributed by atoms with Gasteiger partial charge in [0, 0.05) is 16.5 Å². The van der Waals surface area contributed by atoms with Crippen LogP contribution >= 0.6 is 23.1 Å². The van der Waals surface area contributed by atoms with Gasteiger partial charge in [-0.05, 0) is 55.7 Å². The maximum Gasteiger partial charge on any atom is 0.277 e. The number of aromatic nitrogens is 3. The summed E-state index contributed by atoms with van der Waals surface area (Å²) >= 11 is 2.61. The van der Waals surface area contributed by atoms with Crippen LogP contribution in [0.25, 0.3) is 22.7 Å². The van der Waals surface area contributed by atoms with Gasteiger partial charge in [-0.25, -0.2) is 4.98 Å². The molecule has 30 heavy (non-hydrogen) atoms. The van der Waals surface area contributed by atoms with Crippen molar-refractivity contribution in [1.29, 1.82) is 0 Å². The van der Waals surface area contributed by atoms with Gasteiger partial charge in [0.2, 0.25) is 11.8 Å². The predicted octanol–water partition coefficient (Wildman–Crippen LogP) is 5.52. The lowest BCUT2D eigenvalue weighted by atomic mass is 9.99. The highest BCUT2D eigenvalue weighted by atomic mass is 32.2. The number of carbonyl (C=O) groups is 1. The molecule has 0 saturated heterocycles. The largest absolute Gasteiger partial charge is 0.411 e. The van der Waals surface area contributed by atoms with Crippen LogP contribution in [-0.4, -0.2) is 26.8 Å². The summed E-state index contributed by atoms with van der Waals surface area (Å²) in [7, 11) is 0. The summed E-state index contributed by atoms with van der Waals surface area (Å²) in [6.07, 6.45) is 0. The Morgan fingerprint density at radius 2 is 1.83 bits per heavy atom. The van der Waals surface area contributed by atoms with E-state index < -0.39 is 0 Å². The van der Waals surface area contributed by atoms with Crippen molar-refractivity contribution in [2.24, 2.45) is 0 Å². The molecule has 2 heterocycles. The number of nitrogens with one attached hydrogen (secondary N) is 1. The number of thiazole rings is 1. The van der Waals surface area contributed by atoms with Crippen LogP contribution in [0.15, 0.2) is 57.5 Å². The summed E-state index contributed by atoms with van der Waals surface area (Å²) < 4.78 is 5.61. The fourth-order valence-electron chi connectivity index (χ4n) is 2.94. The second-order valence-electron chi connectivity index (χ2n) is 6.87. The summed E-state index contributed by atoms with van der Waals surface area (Å²) in [4.78, 5) is 16.9. The molecular formula is C22H20N4O2S2. The summed E-state index contributed by atoms with van der Waals surface area (Å²) in [6.45, 7) is 6.26. The van der Waals surface area contributed by atoms with Crippen molar-refractivity contribution >= 4 is 34.1 Å². The van der Waals surface area contributed by atoms with Crippen molar-refractivity contribution in [2.45, 2.75) is 26.0 Å². The zero-order chi connectivity index (χ0) is 21.1. The molecule has 0 spiro atoms. The molecule has 0 atom stereocenters. The van der Waals surface area contributed by atoms with E-state index in [2.05, 4.69) is 53.4 Å². The minimum Gasteiger partial charge on any atom is -0.411 e. The molecule has 0 saturated carbocycles. The molecule has 0 radical (unpaired) electrons. The molecule has 4 rings (SSSR count). The van der Waals surface area contributed by atoms with Gasteiger partial charge in [-0.15, -0.1) is 21.5 Å². The first kappa shape index (κ1) is 20.3. The van der Waals surface area contributed by atoms with E-state index in [1.54, 1.807) is 0 Å². The fraction of sp³-hybridized carbons (Fsp3) is 0.182. The SMILES string of the molecule is Cc1cc(C)c(-c2csc(NC(=O)CSc3nnc(-c4ccccc4)o3)n2)cc1C. The van der Waals surface area contributed by atoms with Crippen LogP contribution in [0.3, 0.4) is 0 Å². The molecule has 2 aromatic carbocycles. The molecule has 0 unspecified atom stereocenters. The highest BCUT2D eigenvalue weighted by molar-refractivity contribution is 7.99. The molecule has 1 amide bonds.